The highest BCUT2D eigenvalue weighted by Crippen LogP contribution is 2.53. The average molecular weight is 623 g/mol. The summed E-state index contributed by atoms with van der Waals surface area (Å²) in [5.74, 6) is -0.562. The predicted molar refractivity (Wildman–Crippen MR) is 146 cm³/mol. The predicted octanol–water partition coefficient (Wildman–Crippen LogP) is 5.84. The molecule has 2 aliphatic heterocycles. The normalized spacial score (nSPS) is 19.4. The Balaban J connectivity index is 0.980. The van der Waals surface area contributed by atoms with Gasteiger partial charge in [0.05, 0.1) is 18.6 Å². The minimum atomic E-state index is -4.60. The smallest absolute Gasteiger partial charge is 0.451 e. The van der Waals surface area contributed by atoms with Crippen molar-refractivity contribution in [3.63, 3.8) is 0 Å². The Morgan fingerprint density at radius 1 is 0.909 bits per heavy atom. The first-order chi connectivity index (χ1) is 20.9. The number of ether oxygens (including phenoxy) is 1. The molecule has 2 fully saturated rings. The number of pyridine rings is 1. The van der Waals surface area contributed by atoms with E-state index in [-0.39, 0.29) is 56.7 Å². The van der Waals surface area contributed by atoms with E-state index in [0.29, 0.717) is 37.6 Å². The van der Waals surface area contributed by atoms with Gasteiger partial charge in [-0.25, -0.2) is 4.98 Å². The van der Waals surface area contributed by atoms with Crippen LogP contribution in [0.1, 0.15) is 54.1 Å². The fraction of sp³-hybridized carbons (Fsp3) is 0.533. The largest absolute Gasteiger partial charge is 0.477 e. The van der Waals surface area contributed by atoms with Crippen molar-refractivity contribution in [1.82, 2.24) is 29.5 Å². The van der Waals surface area contributed by atoms with E-state index < -0.39 is 23.6 Å². The molecule has 236 valence electrons. The first kappa shape index (κ1) is 30.4. The van der Waals surface area contributed by atoms with Gasteiger partial charge >= 0.3 is 12.4 Å². The van der Waals surface area contributed by atoms with E-state index in [0.717, 1.165) is 28.5 Å². The van der Waals surface area contributed by atoms with Crippen LogP contribution >= 0.6 is 0 Å². The van der Waals surface area contributed by atoms with Crippen LogP contribution in [-0.4, -0.2) is 74.4 Å². The molecule has 0 unspecified atom stereocenters. The molecular weight excluding hydrogens is 590 g/mol. The van der Waals surface area contributed by atoms with Gasteiger partial charge in [0.2, 0.25) is 11.7 Å². The Morgan fingerprint density at radius 2 is 1.61 bits per heavy atom. The van der Waals surface area contributed by atoms with Crippen LogP contribution in [-0.2, 0) is 19.3 Å². The van der Waals surface area contributed by atoms with Gasteiger partial charge in [-0.05, 0) is 68.5 Å². The standard InChI is InChI=1S/C30H32F6N6O2/c31-29(32,33)27-39-38-24-17-41(14-15-42(24)27)26(43)22-4-2-21(3-5-22)23-6-7-25(37-16-23)44-18-20-8-12-40(13-9-20)19-28(10-1-11-28)30(34,35)36/h2-7,16,20H,1,8-15,17-19H2. The van der Waals surface area contributed by atoms with Crippen molar-refractivity contribution in [1.29, 1.82) is 0 Å². The Labute approximate surface area is 250 Å². The zero-order chi connectivity index (χ0) is 31.1. The molecule has 0 spiro atoms. The minimum absolute atomic E-state index is 0.0388. The third-order valence-corrected chi connectivity index (χ3v) is 9.11. The zero-order valence-corrected chi connectivity index (χ0v) is 23.9. The van der Waals surface area contributed by atoms with Gasteiger partial charge in [0.25, 0.3) is 5.91 Å². The summed E-state index contributed by atoms with van der Waals surface area (Å²) in [6, 6.07) is 10.5. The number of rotatable bonds is 7. The SMILES string of the molecule is O=C(c1ccc(-c2ccc(OCC3CCN(CC4(C(F)(F)F)CCC4)CC3)nc2)cc1)N1CCn2c(nnc2C(F)(F)F)C1. The number of alkyl halides is 6. The number of hydrogen-bond donors (Lipinski definition) is 0. The second-order valence-electron chi connectivity index (χ2n) is 11.9. The van der Waals surface area contributed by atoms with Gasteiger partial charge in [0.1, 0.15) is 0 Å². The van der Waals surface area contributed by atoms with E-state index in [2.05, 4.69) is 15.2 Å². The number of nitrogens with zero attached hydrogens (tertiary/aromatic N) is 6. The second kappa shape index (κ2) is 11.7. The highest BCUT2D eigenvalue weighted by molar-refractivity contribution is 5.94. The van der Waals surface area contributed by atoms with Crippen LogP contribution in [0.25, 0.3) is 11.1 Å². The van der Waals surface area contributed by atoms with Gasteiger partial charge < -0.3 is 19.1 Å². The fourth-order valence-electron chi connectivity index (χ4n) is 6.24. The molecule has 4 heterocycles. The number of benzene rings is 1. The van der Waals surface area contributed by atoms with Gasteiger partial charge in [-0.1, -0.05) is 18.6 Å². The summed E-state index contributed by atoms with van der Waals surface area (Å²) in [6.07, 6.45) is -4.42. The lowest BCUT2D eigenvalue weighted by atomic mass is 9.67. The van der Waals surface area contributed by atoms with Crippen LogP contribution in [0.5, 0.6) is 5.88 Å². The number of amides is 1. The number of halogens is 6. The van der Waals surface area contributed by atoms with E-state index in [4.69, 9.17) is 4.74 Å². The van der Waals surface area contributed by atoms with Crippen molar-refractivity contribution >= 4 is 5.91 Å². The summed E-state index contributed by atoms with van der Waals surface area (Å²) in [4.78, 5) is 20.8. The minimum Gasteiger partial charge on any atom is -0.477 e. The van der Waals surface area contributed by atoms with E-state index in [1.165, 1.54) is 4.90 Å². The number of carbonyl (C=O) groups excluding carboxylic acids is 1. The summed E-state index contributed by atoms with van der Waals surface area (Å²) in [5, 5.41) is 6.87. The molecule has 0 N–H and O–H groups in total. The van der Waals surface area contributed by atoms with E-state index in [1.54, 1.807) is 36.5 Å². The number of piperidine rings is 1. The molecule has 1 aromatic carbocycles. The lowest BCUT2D eigenvalue weighted by Crippen LogP contribution is -2.53. The molecule has 3 aliphatic rings. The summed E-state index contributed by atoms with van der Waals surface area (Å²) in [5.41, 5.74) is 0.508. The maximum absolute atomic E-state index is 13.5. The summed E-state index contributed by atoms with van der Waals surface area (Å²) < 4.78 is 86.7. The van der Waals surface area contributed by atoms with Crippen LogP contribution in [0.4, 0.5) is 26.3 Å². The number of hydrogen-bond acceptors (Lipinski definition) is 6. The number of carbonyl (C=O) groups is 1. The van der Waals surface area contributed by atoms with E-state index >= 15 is 0 Å². The lowest BCUT2D eigenvalue weighted by Gasteiger charge is -2.47. The van der Waals surface area contributed by atoms with Crippen molar-refractivity contribution in [2.24, 2.45) is 11.3 Å². The van der Waals surface area contributed by atoms with Crippen molar-refractivity contribution < 1.29 is 35.9 Å². The first-order valence-corrected chi connectivity index (χ1v) is 14.7. The van der Waals surface area contributed by atoms with Crippen molar-refractivity contribution in [3.05, 3.63) is 59.8 Å². The molecule has 14 heteroatoms. The van der Waals surface area contributed by atoms with Crippen LogP contribution in [0.2, 0.25) is 0 Å². The number of fused-ring (bicyclic) bond motifs is 1. The van der Waals surface area contributed by atoms with Crippen LogP contribution < -0.4 is 4.74 Å². The van der Waals surface area contributed by atoms with Crippen molar-refractivity contribution in [3.8, 4) is 17.0 Å². The Kier molecular flexibility index (Phi) is 8.05. The summed E-state index contributed by atoms with van der Waals surface area (Å²) >= 11 is 0. The van der Waals surface area contributed by atoms with Crippen LogP contribution in [0.3, 0.4) is 0 Å². The Bertz CT molecular complexity index is 1460. The molecule has 2 aromatic heterocycles. The zero-order valence-electron chi connectivity index (χ0n) is 23.9. The highest BCUT2D eigenvalue weighted by atomic mass is 19.4. The summed E-state index contributed by atoms with van der Waals surface area (Å²) in [6.45, 7) is 1.82. The topological polar surface area (TPSA) is 76.4 Å². The molecule has 1 saturated heterocycles. The molecule has 0 atom stereocenters. The van der Waals surface area contributed by atoms with Crippen molar-refractivity contribution in [2.75, 3.05) is 32.8 Å². The molecule has 3 aromatic rings. The molecule has 1 aliphatic carbocycles. The van der Waals surface area contributed by atoms with Gasteiger partial charge in [0, 0.05) is 43.0 Å². The number of aromatic nitrogens is 4. The average Bonchev–Trinajstić information content (AvgIpc) is 3.42. The molecular formula is C30H32F6N6O2. The molecule has 0 bridgehead atoms. The molecule has 1 amide bonds. The maximum atomic E-state index is 13.5. The monoisotopic (exact) mass is 622 g/mol. The maximum Gasteiger partial charge on any atom is 0.451 e. The van der Waals surface area contributed by atoms with Gasteiger partial charge in [0.15, 0.2) is 5.82 Å². The first-order valence-electron chi connectivity index (χ1n) is 14.7. The quantitative estimate of drug-likeness (QED) is 0.309. The lowest BCUT2D eigenvalue weighted by molar-refractivity contribution is -0.256. The van der Waals surface area contributed by atoms with E-state index in [9.17, 15) is 31.1 Å². The van der Waals surface area contributed by atoms with Crippen molar-refractivity contribution in [2.45, 2.75) is 57.5 Å². The number of likely N-dealkylation sites (tertiary alicyclic amines) is 1. The second-order valence-corrected chi connectivity index (χ2v) is 11.9. The van der Waals surface area contributed by atoms with Gasteiger partial charge in [-0.15, -0.1) is 10.2 Å². The Hall–Kier alpha value is -3.68. The Morgan fingerprint density at radius 3 is 2.20 bits per heavy atom. The third kappa shape index (κ3) is 6.13. The van der Waals surface area contributed by atoms with Gasteiger partial charge in [-0.3, -0.25) is 4.79 Å². The third-order valence-electron chi connectivity index (χ3n) is 9.11. The highest BCUT2D eigenvalue weighted by Gasteiger charge is 2.58. The van der Waals surface area contributed by atoms with E-state index in [1.807, 2.05) is 11.0 Å². The summed E-state index contributed by atoms with van der Waals surface area (Å²) in [7, 11) is 0. The van der Waals surface area contributed by atoms with Crippen LogP contribution in [0.15, 0.2) is 42.6 Å². The molecule has 6 rings (SSSR count). The molecule has 0 radical (unpaired) electrons. The van der Waals surface area contributed by atoms with Gasteiger partial charge in [-0.2, -0.15) is 26.3 Å². The molecule has 44 heavy (non-hydrogen) atoms. The molecule has 1 saturated carbocycles. The van der Waals surface area contributed by atoms with Crippen LogP contribution in [0, 0.1) is 11.3 Å². The fourth-order valence-corrected chi connectivity index (χ4v) is 6.24. The molecule has 8 nitrogen and oxygen atoms in total.